The summed E-state index contributed by atoms with van der Waals surface area (Å²) >= 11 is 1.83. The van der Waals surface area contributed by atoms with Crippen LogP contribution in [0, 0.1) is 13.8 Å². The monoisotopic (exact) mass is 293 g/mol. The summed E-state index contributed by atoms with van der Waals surface area (Å²) in [5.74, 6) is -0.705. The fourth-order valence-electron chi connectivity index (χ4n) is 2.88. The Kier molecular flexibility index (Phi) is 4.76. The molecular weight excluding hydrogens is 270 g/mol. The SMILES string of the molecule is CCNC1(C(=O)O)CCC(Sc2cc(C)ccc2C)C1. The van der Waals surface area contributed by atoms with E-state index in [-0.39, 0.29) is 0 Å². The molecule has 0 aromatic heterocycles. The highest BCUT2D eigenvalue weighted by Crippen LogP contribution is 2.41. The van der Waals surface area contributed by atoms with Gasteiger partial charge in [0.1, 0.15) is 5.54 Å². The van der Waals surface area contributed by atoms with Gasteiger partial charge in [0.2, 0.25) is 0 Å². The van der Waals surface area contributed by atoms with Gasteiger partial charge in [-0.1, -0.05) is 24.6 Å². The van der Waals surface area contributed by atoms with Gasteiger partial charge in [0.25, 0.3) is 0 Å². The molecule has 1 saturated carbocycles. The Morgan fingerprint density at radius 3 is 2.90 bits per heavy atom. The van der Waals surface area contributed by atoms with Gasteiger partial charge in [-0.3, -0.25) is 4.79 Å². The molecule has 110 valence electrons. The topological polar surface area (TPSA) is 49.3 Å². The Hall–Kier alpha value is -1.00. The molecule has 3 nitrogen and oxygen atoms in total. The molecule has 2 rings (SSSR count). The van der Waals surface area contributed by atoms with E-state index < -0.39 is 11.5 Å². The van der Waals surface area contributed by atoms with E-state index in [9.17, 15) is 9.90 Å². The third-order valence-electron chi connectivity index (χ3n) is 4.03. The lowest BCUT2D eigenvalue weighted by molar-refractivity contribution is -0.144. The fraction of sp³-hybridized carbons (Fsp3) is 0.562. The van der Waals surface area contributed by atoms with E-state index in [1.807, 2.05) is 18.7 Å². The first-order chi connectivity index (χ1) is 9.47. The van der Waals surface area contributed by atoms with Crippen LogP contribution in [0.15, 0.2) is 23.1 Å². The first-order valence-electron chi connectivity index (χ1n) is 7.19. The number of hydrogen-bond acceptors (Lipinski definition) is 3. The predicted octanol–water partition coefficient (Wildman–Crippen LogP) is 3.38. The number of likely N-dealkylation sites (N-methyl/N-ethyl adjacent to an activating group) is 1. The number of carbonyl (C=O) groups is 1. The van der Waals surface area contributed by atoms with Crippen LogP contribution in [0.3, 0.4) is 0 Å². The number of thioether (sulfide) groups is 1. The van der Waals surface area contributed by atoms with Crippen molar-refractivity contribution in [2.45, 2.75) is 55.7 Å². The summed E-state index contributed by atoms with van der Waals surface area (Å²) in [7, 11) is 0. The van der Waals surface area contributed by atoms with Gasteiger partial charge in [-0.05, 0) is 51.3 Å². The van der Waals surface area contributed by atoms with E-state index in [1.165, 1.54) is 16.0 Å². The molecule has 0 heterocycles. The lowest BCUT2D eigenvalue weighted by Crippen LogP contribution is -2.50. The average molecular weight is 293 g/mol. The number of rotatable bonds is 5. The van der Waals surface area contributed by atoms with Crippen molar-refractivity contribution < 1.29 is 9.90 Å². The van der Waals surface area contributed by atoms with Gasteiger partial charge in [-0.15, -0.1) is 11.8 Å². The third kappa shape index (κ3) is 3.18. The molecule has 20 heavy (non-hydrogen) atoms. The fourth-order valence-corrected chi connectivity index (χ4v) is 4.35. The second kappa shape index (κ2) is 6.19. The molecule has 2 N–H and O–H groups in total. The van der Waals surface area contributed by atoms with Crippen LogP contribution in [0.25, 0.3) is 0 Å². The van der Waals surface area contributed by atoms with Crippen LogP contribution >= 0.6 is 11.8 Å². The first-order valence-corrected chi connectivity index (χ1v) is 8.07. The molecule has 4 heteroatoms. The lowest BCUT2D eigenvalue weighted by atomic mass is 9.98. The van der Waals surface area contributed by atoms with Gasteiger partial charge in [0.15, 0.2) is 0 Å². The molecule has 1 fully saturated rings. The largest absolute Gasteiger partial charge is 0.480 e. The zero-order chi connectivity index (χ0) is 14.8. The molecule has 0 saturated heterocycles. The minimum atomic E-state index is -0.718. The number of carboxylic acid groups (broad SMARTS) is 1. The summed E-state index contributed by atoms with van der Waals surface area (Å²) in [6, 6.07) is 6.46. The van der Waals surface area contributed by atoms with Crippen molar-refractivity contribution in [1.29, 1.82) is 0 Å². The van der Waals surface area contributed by atoms with Crippen LogP contribution < -0.4 is 5.32 Å². The number of carboxylic acids is 1. The molecular formula is C16H23NO2S. The Balaban J connectivity index is 2.09. The van der Waals surface area contributed by atoms with Crippen molar-refractivity contribution in [3.8, 4) is 0 Å². The molecule has 0 spiro atoms. The van der Waals surface area contributed by atoms with E-state index in [0.717, 1.165) is 12.8 Å². The minimum Gasteiger partial charge on any atom is -0.480 e. The molecule has 2 atom stereocenters. The van der Waals surface area contributed by atoms with Crippen molar-refractivity contribution in [3.05, 3.63) is 29.3 Å². The quantitative estimate of drug-likeness (QED) is 0.874. The normalized spacial score (nSPS) is 25.9. The standard InChI is InChI=1S/C16H23NO2S/c1-4-17-16(15(18)19)8-7-13(10-16)20-14-9-11(2)5-6-12(14)3/h5-6,9,13,17H,4,7-8,10H2,1-3H3,(H,18,19). The second-order valence-corrected chi connectivity index (χ2v) is 7.01. The van der Waals surface area contributed by atoms with Crippen LogP contribution in [-0.4, -0.2) is 28.4 Å². The van der Waals surface area contributed by atoms with Gasteiger partial charge in [0.05, 0.1) is 0 Å². The summed E-state index contributed by atoms with van der Waals surface area (Å²) in [5.41, 5.74) is 1.81. The maximum atomic E-state index is 11.6. The van der Waals surface area contributed by atoms with Crippen molar-refractivity contribution in [3.63, 3.8) is 0 Å². The van der Waals surface area contributed by atoms with Crippen molar-refractivity contribution in [2.24, 2.45) is 0 Å². The Labute approximate surface area is 125 Å². The number of aryl methyl sites for hydroxylation is 2. The maximum absolute atomic E-state index is 11.6. The average Bonchev–Trinajstić information content (AvgIpc) is 2.79. The second-order valence-electron chi connectivity index (χ2n) is 5.67. The van der Waals surface area contributed by atoms with Gasteiger partial charge in [0, 0.05) is 10.1 Å². The van der Waals surface area contributed by atoms with Crippen molar-refractivity contribution >= 4 is 17.7 Å². The summed E-state index contributed by atoms with van der Waals surface area (Å²) in [5, 5.41) is 13.1. The predicted molar refractivity (Wildman–Crippen MR) is 83.5 cm³/mol. The Morgan fingerprint density at radius 2 is 2.25 bits per heavy atom. The maximum Gasteiger partial charge on any atom is 0.323 e. The molecule has 0 amide bonds. The molecule has 0 bridgehead atoms. The minimum absolute atomic E-state index is 0.380. The molecule has 0 radical (unpaired) electrons. The van der Waals surface area contributed by atoms with E-state index in [4.69, 9.17) is 0 Å². The molecule has 1 aliphatic carbocycles. The van der Waals surface area contributed by atoms with E-state index in [0.29, 0.717) is 18.2 Å². The van der Waals surface area contributed by atoms with Crippen molar-refractivity contribution in [1.82, 2.24) is 5.32 Å². The smallest absolute Gasteiger partial charge is 0.323 e. The Morgan fingerprint density at radius 1 is 1.50 bits per heavy atom. The highest BCUT2D eigenvalue weighted by Gasteiger charge is 2.45. The molecule has 1 aliphatic rings. The lowest BCUT2D eigenvalue weighted by Gasteiger charge is -2.25. The van der Waals surface area contributed by atoms with Crippen molar-refractivity contribution in [2.75, 3.05) is 6.54 Å². The van der Waals surface area contributed by atoms with E-state index in [1.54, 1.807) is 0 Å². The van der Waals surface area contributed by atoms with Gasteiger partial charge >= 0.3 is 5.97 Å². The summed E-state index contributed by atoms with van der Waals surface area (Å²) in [6.07, 6.45) is 2.38. The molecule has 0 aliphatic heterocycles. The third-order valence-corrected chi connectivity index (χ3v) is 5.46. The molecule has 1 aromatic carbocycles. The zero-order valence-corrected chi connectivity index (χ0v) is 13.2. The first kappa shape index (κ1) is 15.4. The van der Waals surface area contributed by atoms with Crippen LogP contribution in [0.4, 0.5) is 0 Å². The summed E-state index contributed by atoms with van der Waals surface area (Å²) in [6.45, 7) is 6.88. The summed E-state index contributed by atoms with van der Waals surface area (Å²) in [4.78, 5) is 12.8. The highest BCUT2D eigenvalue weighted by atomic mass is 32.2. The van der Waals surface area contributed by atoms with Gasteiger partial charge in [-0.25, -0.2) is 0 Å². The van der Waals surface area contributed by atoms with Gasteiger partial charge < -0.3 is 10.4 Å². The number of benzene rings is 1. The number of aliphatic carboxylic acids is 1. The van der Waals surface area contributed by atoms with Crippen LogP contribution in [0.1, 0.15) is 37.3 Å². The van der Waals surface area contributed by atoms with E-state index >= 15 is 0 Å². The van der Waals surface area contributed by atoms with Gasteiger partial charge in [-0.2, -0.15) is 0 Å². The Bertz CT molecular complexity index is 503. The number of hydrogen-bond donors (Lipinski definition) is 2. The van der Waals surface area contributed by atoms with E-state index in [2.05, 4.69) is 37.4 Å². The molecule has 2 unspecified atom stereocenters. The summed E-state index contributed by atoms with van der Waals surface area (Å²) < 4.78 is 0. The molecule has 1 aromatic rings. The number of nitrogens with one attached hydrogen (secondary N) is 1. The highest BCUT2D eigenvalue weighted by molar-refractivity contribution is 8.00. The van der Waals surface area contributed by atoms with Crippen LogP contribution in [-0.2, 0) is 4.79 Å². The van der Waals surface area contributed by atoms with Crippen LogP contribution in [0.5, 0.6) is 0 Å². The zero-order valence-electron chi connectivity index (χ0n) is 12.4. The van der Waals surface area contributed by atoms with Crippen LogP contribution in [0.2, 0.25) is 0 Å².